The SMILES string of the molecule is COc1cc(OC)cc(-c2ccc(C(C)C)cc2)c1. The zero-order valence-electron chi connectivity index (χ0n) is 11.9. The normalized spacial score (nSPS) is 10.6. The third-order valence-electron chi connectivity index (χ3n) is 3.26. The number of rotatable bonds is 4. The van der Waals surface area contributed by atoms with E-state index in [-0.39, 0.29) is 0 Å². The van der Waals surface area contributed by atoms with Gasteiger partial charge in [0.25, 0.3) is 0 Å². The van der Waals surface area contributed by atoms with Crippen molar-refractivity contribution in [2.24, 2.45) is 0 Å². The number of methoxy groups -OCH3 is 2. The Labute approximate surface area is 115 Å². The maximum Gasteiger partial charge on any atom is 0.123 e. The van der Waals surface area contributed by atoms with Crippen molar-refractivity contribution in [2.45, 2.75) is 19.8 Å². The van der Waals surface area contributed by atoms with Gasteiger partial charge < -0.3 is 9.47 Å². The molecule has 0 fully saturated rings. The average molecular weight is 256 g/mol. The summed E-state index contributed by atoms with van der Waals surface area (Å²) in [7, 11) is 3.33. The van der Waals surface area contributed by atoms with Crippen LogP contribution in [0.4, 0.5) is 0 Å². The van der Waals surface area contributed by atoms with Crippen molar-refractivity contribution >= 4 is 0 Å². The molecule has 0 aliphatic rings. The zero-order valence-corrected chi connectivity index (χ0v) is 11.9. The first-order valence-electron chi connectivity index (χ1n) is 6.47. The van der Waals surface area contributed by atoms with E-state index in [1.54, 1.807) is 14.2 Å². The maximum atomic E-state index is 5.30. The third kappa shape index (κ3) is 3.08. The van der Waals surface area contributed by atoms with Crippen LogP contribution < -0.4 is 9.47 Å². The van der Waals surface area contributed by atoms with E-state index < -0.39 is 0 Å². The van der Waals surface area contributed by atoms with Gasteiger partial charge in [0.2, 0.25) is 0 Å². The molecule has 0 aliphatic heterocycles. The summed E-state index contributed by atoms with van der Waals surface area (Å²) >= 11 is 0. The molecule has 0 saturated carbocycles. The number of hydrogen-bond donors (Lipinski definition) is 0. The van der Waals surface area contributed by atoms with Gasteiger partial charge in [0.15, 0.2) is 0 Å². The van der Waals surface area contributed by atoms with Crippen molar-refractivity contribution in [1.82, 2.24) is 0 Å². The van der Waals surface area contributed by atoms with Crippen LogP contribution in [0.25, 0.3) is 11.1 Å². The van der Waals surface area contributed by atoms with Gasteiger partial charge in [-0.2, -0.15) is 0 Å². The molecule has 0 amide bonds. The van der Waals surface area contributed by atoms with Gasteiger partial charge in [0.1, 0.15) is 11.5 Å². The fourth-order valence-electron chi connectivity index (χ4n) is 2.03. The smallest absolute Gasteiger partial charge is 0.123 e. The van der Waals surface area contributed by atoms with Gasteiger partial charge in [-0.05, 0) is 34.7 Å². The Bertz CT molecular complexity index is 519. The van der Waals surface area contributed by atoms with Crippen LogP contribution >= 0.6 is 0 Å². The molecule has 2 rings (SSSR count). The van der Waals surface area contributed by atoms with Crippen LogP contribution in [0.5, 0.6) is 11.5 Å². The molecule has 0 bridgehead atoms. The first-order valence-corrected chi connectivity index (χ1v) is 6.47. The first kappa shape index (κ1) is 13.5. The summed E-state index contributed by atoms with van der Waals surface area (Å²) in [5, 5.41) is 0. The number of hydrogen-bond acceptors (Lipinski definition) is 2. The molecule has 0 atom stereocenters. The first-order chi connectivity index (χ1) is 9.13. The molecular weight excluding hydrogens is 236 g/mol. The molecule has 0 N–H and O–H groups in total. The van der Waals surface area contributed by atoms with Gasteiger partial charge in [-0.15, -0.1) is 0 Å². The minimum absolute atomic E-state index is 0.550. The van der Waals surface area contributed by atoms with E-state index in [1.165, 1.54) is 11.1 Å². The van der Waals surface area contributed by atoms with E-state index in [4.69, 9.17) is 9.47 Å². The van der Waals surface area contributed by atoms with Gasteiger partial charge in [-0.3, -0.25) is 0 Å². The molecule has 0 heterocycles. The highest BCUT2D eigenvalue weighted by atomic mass is 16.5. The van der Waals surface area contributed by atoms with Crippen LogP contribution in [0.15, 0.2) is 42.5 Å². The highest BCUT2D eigenvalue weighted by Crippen LogP contribution is 2.30. The van der Waals surface area contributed by atoms with E-state index >= 15 is 0 Å². The third-order valence-corrected chi connectivity index (χ3v) is 3.26. The van der Waals surface area contributed by atoms with Crippen molar-refractivity contribution in [2.75, 3.05) is 14.2 Å². The highest BCUT2D eigenvalue weighted by molar-refractivity contribution is 5.67. The topological polar surface area (TPSA) is 18.5 Å². The van der Waals surface area contributed by atoms with Crippen molar-refractivity contribution in [3.8, 4) is 22.6 Å². The summed E-state index contributed by atoms with van der Waals surface area (Å²) in [5.74, 6) is 2.17. The van der Waals surface area contributed by atoms with Gasteiger partial charge in [0, 0.05) is 6.07 Å². The van der Waals surface area contributed by atoms with E-state index in [9.17, 15) is 0 Å². The molecule has 2 heteroatoms. The zero-order chi connectivity index (χ0) is 13.8. The molecule has 0 unspecified atom stereocenters. The summed E-state index contributed by atoms with van der Waals surface area (Å²) in [6.45, 7) is 4.40. The molecule has 2 aromatic rings. The molecule has 2 aromatic carbocycles. The molecule has 2 nitrogen and oxygen atoms in total. The minimum atomic E-state index is 0.550. The summed E-state index contributed by atoms with van der Waals surface area (Å²) < 4.78 is 10.6. The number of ether oxygens (including phenoxy) is 2. The van der Waals surface area contributed by atoms with Gasteiger partial charge in [0.05, 0.1) is 14.2 Å². The maximum absolute atomic E-state index is 5.30. The largest absolute Gasteiger partial charge is 0.497 e. The fraction of sp³-hybridized carbons (Fsp3) is 0.294. The second-order valence-electron chi connectivity index (χ2n) is 4.88. The molecule has 0 saturated heterocycles. The van der Waals surface area contributed by atoms with E-state index in [1.807, 2.05) is 18.2 Å². The Morgan fingerprint density at radius 2 is 1.26 bits per heavy atom. The van der Waals surface area contributed by atoms with Gasteiger partial charge in [-0.1, -0.05) is 38.1 Å². The molecule has 100 valence electrons. The summed E-state index contributed by atoms with van der Waals surface area (Å²) in [6, 6.07) is 14.6. The van der Waals surface area contributed by atoms with Gasteiger partial charge >= 0.3 is 0 Å². The van der Waals surface area contributed by atoms with Crippen molar-refractivity contribution in [3.63, 3.8) is 0 Å². The van der Waals surface area contributed by atoms with Crippen molar-refractivity contribution < 1.29 is 9.47 Å². The lowest BCUT2D eigenvalue weighted by molar-refractivity contribution is 0.394. The Morgan fingerprint density at radius 3 is 1.68 bits per heavy atom. The second-order valence-corrected chi connectivity index (χ2v) is 4.88. The average Bonchev–Trinajstić information content (AvgIpc) is 2.46. The standard InChI is InChI=1S/C17H20O2/c1-12(2)13-5-7-14(8-6-13)15-9-16(18-3)11-17(10-15)19-4/h5-12H,1-4H3. The lowest BCUT2D eigenvalue weighted by Crippen LogP contribution is -1.90. The van der Waals surface area contributed by atoms with Crippen molar-refractivity contribution in [3.05, 3.63) is 48.0 Å². The summed E-state index contributed by atoms with van der Waals surface area (Å²) in [4.78, 5) is 0. The van der Waals surface area contributed by atoms with Crippen LogP contribution in [-0.2, 0) is 0 Å². The molecule has 0 radical (unpaired) electrons. The Hall–Kier alpha value is -1.96. The second kappa shape index (κ2) is 5.79. The summed E-state index contributed by atoms with van der Waals surface area (Å²) in [6.07, 6.45) is 0. The Kier molecular flexibility index (Phi) is 4.10. The lowest BCUT2D eigenvalue weighted by atomic mass is 9.98. The Morgan fingerprint density at radius 1 is 0.737 bits per heavy atom. The Balaban J connectivity index is 2.40. The molecule has 0 spiro atoms. The van der Waals surface area contributed by atoms with Gasteiger partial charge in [-0.25, -0.2) is 0 Å². The molecular formula is C17H20O2. The minimum Gasteiger partial charge on any atom is -0.497 e. The number of benzene rings is 2. The van der Waals surface area contributed by atoms with Crippen LogP contribution in [-0.4, -0.2) is 14.2 Å². The van der Waals surface area contributed by atoms with E-state index in [2.05, 4.69) is 38.1 Å². The monoisotopic (exact) mass is 256 g/mol. The van der Waals surface area contributed by atoms with Crippen LogP contribution in [0.2, 0.25) is 0 Å². The summed E-state index contributed by atoms with van der Waals surface area (Å²) in [5.41, 5.74) is 3.62. The predicted octanol–water partition coefficient (Wildman–Crippen LogP) is 4.49. The molecule has 0 aliphatic carbocycles. The van der Waals surface area contributed by atoms with E-state index in [0.717, 1.165) is 17.1 Å². The quantitative estimate of drug-likeness (QED) is 0.802. The van der Waals surface area contributed by atoms with Crippen LogP contribution in [0, 0.1) is 0 Å². The lowest BCUT2D eigenvalue weighted by Gasteiger charge is -2.10. The van der Waals surface area contributed by atoms with Crippen molar-refractivity contribution in [1.29, 1.82) is 0 Å². The van der Waals surface area contributed by atoms with E-state index in [0.29, 0.717) is 5.92 Å². The highest BCUT2D eigenvalue weighted by Gasteiger charge is 2.05. The molecule has 19 heavy (non-hydrogen) atoms. The molecule has 0 aromatic heterocycles. The predicted molar refractivity (Wildman–Crippen MR) is 79.1 cm³/mol. The van der Waals surface area contributed by atoms with Crippen LogP contribution in [0.1, 0.15) is 25.3 Å². The fourth-order valence-corrected chi connectivity index (χ4v) is 2.03. The van der Waals surface area contributed by atoms with Crippen LogP contribution in [0.3, 0.4) is 0 Å².